The molecule has 1 N–H and O–H groups in total. The first-order valence-corrected chi connectivity index (χ1v) is 6.78. The quantitative estimate of drug-likeness (QED) is 0.845. The van der Waals surface area contributed by atoms with E-state index >= 15 is 0 Å². The van der Waals surface area contributed by atoms with Crippen molar-refractivity contribution in [3.05, 3.63) is 30.3 Å². The van der Waals surface area contributed by atoms with Crippen molar-refractivity contribution in [3.63, 3.8) is 0 Å². The Hall–Kier alpha value is -1.87. The van der Waals surface area contributed by atoms with Gasteiger partial charge in [0.2, 0.25) is 5.91 Å². The molecule has 0 aliphatic carbocycles. The second-order valence-corrected chi connectivity index (χ2v) is 5.60. The van der Waals surface area contributed by atoms with E-state index in [1.807, 2.05) is 0 Å². The van der Waals surface area contributed by atoms with E-state index in [1.165, 1.54) is 0 Å². The molecule has 0 fully saturated rings. The molecule has 0 heterocycles. The summed E-state index contributed by atoms with van der Waals surface area (Å²) in [4.78, 5) is 11.4. The molecule has 1 aromatic carbocycles. The summed E-state index contributed by atoms with van der Waals surface area (Å²) >= 11 is 0. The maximum atomic E-state index is 11.4. The van der Waals surface area contributed by atoms with Crippen LogP contribution in [-0.4, -0.2) is 25.8 Å². The SMILES string of the molecule is N#CCCS(=O)(=O)CC(=O)Nc1ccccc1. The van der Waals surface area contributed by atoms with Crippen molar-refractivity contribution in [1.82, 2.24) is 0 Å². The van der Waals surface area contributed by atoms with Gasteiger partial charge in [-0.25, -0.2) is 8.42 Å². The number of nitrogens with one attached hydrogen (secondary N) is 1. The van der Waals surface area contributed by atoms with E-state index in [1.54, 1.807) is 36.4 Å². The van der Waals surface area contributed by atoms with Crippen LogP contribution in [0.15, 0.2) is 30.3 Å². The first-order chi connectivity index (χ1) is 8.03. The van der Waals surface area contributed by atoms with E-state index in [0.717, 1.165) is 0 Å². The highest BCUT2D eigenvalue weighted by molar-refractivity contribution is 7.92. The number of sulfone groups is 1. The molecule has 5 nitrogen and oxygen atoms in total. The minimum atomic E-state index is -3.50. The molecule has 0 bridgehead atoms. The van der Waals surface area contributed by atoms with Crippen LogP contribution in [0.4, 0.5) is 5.69 Å². The lowest BCUT2D eigenvalue weighted by Gasteiger charge is -2.04. The predicted octanol–water partition coefficient (Wildman–Crippen LogP) is 0.954. The Morgan fingerprint density at radius 2 is 1.94 bits per heavy atom. The van der Waals surface area contributed by atoms with Crippen molar-refractivity contribution in [2.45, 2.75) is 6.42 Å². The minimum Gasteiger partial charge on any atom is -0.325 e. The lowest BCUT2D eigenvalue weighted by Crippen LogP contribution is -2.24. The van der Waals surface area contributed by atoms with Crippen LogP contribution < -0.4 is 5.32 Å². The lowest BCUT2D eigenvalue weighted by molar-refractivity contribution is -0.113. The van der Waals surface area contributed by atoms with Crippen LogP contribution >= 0.6 is 0 Å². The summed E-state index contributed by atoms with van der Waals surface area (Å²) in [6, 6.07) is 10.3. The number of nitrogens with zero attached hydrogens (tertiary/aromatic N) is 1. The van der Waals surface area contributed by atoms with Crippen molar-refractivity contribution in [2.75, 3.05) is 16.8 Å². The number of hydrogen-bond donors (Lipinski definition) is 1. The number of rotatable bonds is 5. The molecule has 90 valence electrons. The Labute approximate surface area is 100.0 Å². The zero-order valence-corrected chi connectivity index (χ0v) is 9.90. The number of amides is 1. The average molecular weight is 252 g/mol. The monoisotopic (exact) mass is 252 g/mol. The van der Waals surface area contributed by atoms with Crippen molar-refractivity contribution in [1.29, 1.82) is 5.26 Å². The number of carbonyl (C=O) groups is 1. The molecule has 0 saturated carbocycles. The Kier molecular flexibility index (Phi) is 4.67. The molecule has 1 aromatic rings. The lowest BCUT2D eigenvalue weighted by atomic mass is 10.3. The maximum absolute atomic E-state index is 11.4. The van der Waals surface area contributed by atoms with Gasteiger partial charge in [0.15, 0.2) is 9.84 Å². The van der Waals surface area contributed by atoms with E-state index in [-0.39, 0.29) is 12.2 Å². The van der Waals surface area contributed by atoms with Crippen LogP contribution in [0.3, 0.4) is 0 Å². The summed E-state index contributed by atoms with van der Waals surface area (Å²) in [5.74, 6) is -1.47. The van der Waals surface area contributed by atoms with Crippen LogP contribution in [0.25, 0.3) is 0 Å². The van der Waals surface area contributed by atoms with Crippen LogP contribution in [0.5, 0.6) is 0 Å². The zero-order valence-electron chi connectivity index (χ0n) is 9.09. The van der Waals surface area contributed by atoms with Gasteiger partial charge in [-0.3, -0.25) is 4.79 Å². The molecule has 0 atom stereocenters. The Bertz CT molecular complexity index is 517. The van der Waals surface area contributed by atoms with E-state index in [9.17, 15) is 13.2 Å². The van der Waals surface area contributed by atoms with Crippen LogP contribution in [-0.2, 0) is 14.6 Å². The van der Waals surface area contributed by atoms with E-state index in [2.05, 4.69) is 5.32 Å². The third-order valence-corrected chi connectivity index (χ3v) is 3.46. The topological polar surface area (TPSA) is 87.0 Å². The second-order valence-electron chi connectivity index (χ2n) is 3.41. The summed E-state index contributed by atoms with van der Waals surface area (Å²) in [7, 11) is -3.50. The fourth-order valence-electron chi connectivity index (χ4n) is 1.19. The fourth-order valence-corrected chi connectivity index (χ4v) is 2.21. The minimum absolute atomic E-state index is 0.0963. The van der Waals surface area contributed by atoms with Gasteiger partial charge in [0.1, 0.15) is 5.75 Å². The highest BCUT2D eigenvalue weighted by Gasteiger charge is 2.16. The molecule has 1 rings (SSSR count). The zero-order chi connectivity index (χ0) is 12.7. The highest BCUT2D eigenvalue weighted by Crippen LogP contribution is 2.05. The molecule has 6 heteroatoms. The molecule has 0 radical (unpaired) electrons. The molecule has 0 unspecified atom stereocenters. The van der Waals surface area contributed by atoms with Crippen molar-refractivity contribution >= 4 is 21.4 Å². The second kappa shape index (κ2) is 6.01. The molecule has 0 aliphatic heterocycles. The number of hydrogen-bond acceptors (Lipinski definition) is 4. The van der Waals surface area contributed by atoms with E-state index in [4.69, 9.17) is 5.26 Å². The number of carbonyl (C=O) groups excluding carboxylic acids is 1. The van der Waals surface area contributed by atoms with Gasteiger partial charge < -0.3 is 5.32 Å². The standard InChI is InChI=1S/C11H12N2O3S/c12-7-4-8-17(15,16)9-11(14)13-10-5-2-1-3-6-10/h1-3,5-6H,4,8-9H2,(H,13,14). The number of anilines is 1. The molecular weight excluding hydrogens is 240 g/mol. The fraction of sp³-hybridized carbons (Fsp3) is 0.273. The summed E-state index contributed by atoms with van der Waals surface area (Å²) in [5, 5.41) is 10.8. The van der Waals surface area contributed by atoms with Crippen molar-refractivity contribution < 1.29 is 13.2 Å². The number of para-hydroxylation sites is 1. The van der Waals surface area contributed by atoms with Crippen LogP contribution in [0.2, 0.25) is 0 Å². The molecule has 0 aromatic heterocycles. The highest BCUT2D eigenvalue weighted by atomic mass is 32.2. The molecule has 0 aliphatic rings. The van der Waals surface area contributed by atoms with Gasteiger partial charge in [-0.2, -0.15) is 5.26 Å². The Morgan fingerprint density at radius 1 is 1.29 bits per heavy atom. The maximum Gasteiger partial charge on any atom is 0.239 e. The summed E-state index contributed by atoms with van der Waals surface area (Å²) in [6.07, 6.45) is -0.0963. The van der Waals surface area contributed by atoms with Crippen LogP contribution in [0, 0.1) is 11.3 Å². The van der Waals surface area contributed by atoms with Crippen molar-refractivity contribution in [2.24, 2.45) is 0 Å². The largest absolute Gasteiger partial charge is 0.325 e. The average Bonchev–Trinajstić information content (AvgIpc) is 2.27. The third kappa shape index (κ3) is 5.13. The molecule has 0 spiro atoms. The summed E-state index contributed by atoms with van der Waals surface area (Å²) in [6.45, 7) is 0. The molecule has 1 amide bonds. The van der Waals surface area contributed by atoms with Gasteiger partial charge in [-0.05, 0) is 12.1 Å². The van der Waals surface area contributed by atoms with Gasteiger partial charge in [0, 0.05) is 12.1 Å². The predicted molar refractivity (Wildman–Crippen MR) is 64.0 cm³/mol. The summed E-state index contributed by atoms with van der Waals surface area (Å²) in [5.41, 5.74) is 0.549. The van der Waals surface area contributed by atoms with Gasteiger partial charge in [0.05, 0.1) is 11.8 Å². The normalized spacial score (nSPS) is 10.5. The first-order valence-electron chi connectivity index (χ1n) is 4.96. The Balaban J connectivity index is 2.54. The number of benzene rings is 1. The van der Waals surface area contributed by atoms with E-state index < -0.39 is 21.5 Å². The number of nitriles is 1. The van der Waals surface area contributed by atoms with Crippen molar-refractivity contribution in [3.8, 4) is 6.07 Å². The van der Waals surface area contributed by atoms with Gasteiger partial charge in [-0.1, -0.05) is 18.2 Å². The van der Waals surface area contributed by atoms with E-state index in [0.29, 0.717) is 5.69 Å². The summed E-state index contributed by atoms with van der Waals surface area (Å²) < 4.78 is 22.8. The van der Waals surface area contributed by atoms with Gasteiger partial charge >= 0.3 is 0 Å². The Morgan fingerprint density at radius 3 is 2.53 bits per heavy atom. The molecular formula is C11H12N2O3S. The van der Waals surface area contributed by atoms with Gasteiger partial charge in [-0.15, -0.1) is 0 Å². The smallest absolute Gasteiger partial charge is 0.239 e. The first kappa shape index (κ1) is 13.2. The third-order valence-electron chi connectivity index (χ3n) is 1.93. The molecule has 17 heavy (non-hydrogen) atoms. The molecule has 0 saturated heterocycles. The van der Waals surface area contributed by atoms with Crippen LogP contribution in [0.1, 0.15) is 6.42 Å². The van der Waals surface area contributed by atoms with Gasteiger partial charge in [0.25, 0.3) is 0 Å².